The van der Waals surface area contributed by atoms with Gasteiger partial charge in [0.05, 0.1) is 6.61 Å². The van der Waals surface area contributed by atoms with E-state index in [9.17, 15) is 17.6 Å². The number of alkyl halides is 3. The van der Waals surface area contributed by atoms with Gasteiger partial charge in [-0.2, -0.15) is 17.6 Å². The molecule has 1 rings (SSSR count). The normalized spacial score (nSPS) is 11.6. The SMILES string of the molecule is OCCN(CC(F)(F)F)c1ccnc(F)c1. The van der Waals surface area contributed by atoms with E-state index in [1.807, 2.05) is 0 Å². The summed E-state index contributed by atoms with van der Waals surface area (Å²) in [4.78, 5) is 4.08. The fraction of sp³-hybridized carbons (Fsp3) is 0.444. The number of aromatic nitrogens is 1. The fourth-order valence-corrected chi connectivity index (χ4v) is 1.23. The molecule has 0 spiro atoms. The Hall–Kier alpha value is -1.37. The van der Waals surface area contributed by atoms with Gasteiger partial charge in [-0.1, -0.05) is 0 Å². The lowest BCUT2D eigenvalue weighted by atomic mass is 10.3. The predicted molar refractivity (Wildman–Crippen MR) is 49.5 cm³/mol. The molecule has 1 heterocycles. The van der Waals surface area contributed by atoms with Gasteiger partial charge in [0, 0.05) is 24.5 Å². The lowest BCUT2D eigenvalue weighted by Gasteiger charge is -2.24. The third-order valence-corrected chi connectivity index (χ3v) is 1.82. The molecule has 7 heteroatoms. The average Bonchev–Trinajstić information content (AvgIpc) is 2.15. The van der Waals surface area contributed by atoms with E-state index >= 15 is 0 Å². The van der Waals surface area contributed by atoms with E-state index in [0.29, 0.717) is 0 Å². The molecule has 0 aliphatic rings. The first-order valence-electron chi connectivity index (χ1n) is 4.46. The van der Waals surface area contributed by atoms with Crippen LogP contribution < -0.4 is 4.90 Å². The van der Waals surface area contributed by atoms with Crippen LogP contribution >= 0.6 is 0 Å². The summed E-state index contributed by atoms with van der Waals surface area (Å²) in [7, 11) is 0. The van der Waals surface area contributed by atoms with Crippen molar-refractivity contribution in [3.8, 4) is 0 Å². The maximum atomic E-state index is 12.7. The standard InChI is InChI=1S/C9H10F4N2O/c10-8-5-7(1-2-14-8)15(3-4-16)6-9(11,12)13/h1-2,5,16H,3-4,6H2. The van der Waals surface area contributed by atoms with Crippen LogP contribution in [0.15, 0.2) is 18.3 Å². The molecule has 0 aliphatic carbocycles. The van der Waals surface area contributed by atoms with Crippen LogP contribution in [0.25, 0.3) is 0 Å². The Kier molecular flexibility index (Phi) is 4.05. The van der Waals surface area contributed by atoms with Crippen LogP contribution in [0, 0.1) is 5.95 Å². The van der Waals surface area contributed by atoms with E-state index in [0.717, 1.165) is 17.2 Å². The summed E-state index contributed by atoms with van der Waals surface area (Å²) in [5.74, 6) is -0.859. The molecule has 0 unspecified atom stereocenters. The second-order valence-electron chi connectivity index (χ2n) is 3.10. The molecule has 0 aliphatic heterocycles. The average molecular weight is 238 g/mol. The molecule has 0 saturated carbocycles. The molecule has 0 radical (unpaired) electrons. The molecule has 0 aromatic carbocycles. The summed E-state index contributed by atoms with van der Waals surface area (Å²) < 4.78 is 49.3. The maximum Gasteiger partial charge on any atom is 0.405 e. The lowest BCUT2D eigenvalue weighted by molar-refractivity contribution is -0.119. The van der Waals surface area contributed by atoms with E-state index in [4.69, 9.17) is 5.11 Å². The number of nitrogens with zero attached hydrogens (tertiary/aromatic N) is 2. The Morgan fingerprint density at radius 3 is 2.56 bits per heavy atom. The smallest absolute Gasteiger partial charge is 0.395 e. The molecular formula is C9H10F4N2O. The Morgan fingerprint density at radius 1 is 1.38 bits per heavy atom. The molecule has 90 valence electrons. The zero-order valence-electron chi connectivity index (χ0n) is 8.21. The second kappa shape index (κ2) is 5.11. The van der Waals surface area contributed by atoms with Crippen molar-refractivity contribution in [3.05, 3.63) is 24.3 Å². The maximum absolute atomic E-state index is 12.7. The summed E-state index contributed by atoms with van der Waals surface area (Å²) in [6, 6.07) is 2.14. The number of halogens is 4. The minimum absolute atomic E-state index is 0.0406. The number of rotatable bonds is 4. The van der Waals surface area contributed by atoms with E-state index in [1.54, 1.807) is 0 Å². The number of anilines is 1. The van der Waals surface area contributed by atoms with Crippen LogP contribution in [0.3, 0.4) is 0 Å². The number of hydrogen-bond acceptors (Lipinski definition) is 3. The summed E-state index contributed by atoms with van der Waals surface area (Å²) >= 11 is 0. The van der Waals surface area contributed by atoms with Gasteiger partial charge < -0.3 is 10.0 Å². The third kappa shape index (κ3) is 4.01. The monoisotopic (exact) mass is 238 g/mol. The molecule has 0 amide bonds. The third-order valence-electron chi connectivity index (χ3n) is 1.82. The van der Waals surface area contributed by atoms with Crippen LogP contribution in [0.5, 0.6) is 0 Å². The zero-order chi connectivity index (χ0) is 12.2. The van der Waals surface area contributed by atoms with Crippen molar-refractivity contribution in [2.24, 2.45) is 0 Å². The molecule has 1 aromatic rings. The highest BCUT2D eigenvalue weighted by Gasteiger charge is 2.30. The summed E-state index contributed by atoms with van der Waals surface area (Å²) in [5.41, 5.74) is 0.0406. The first kappa shape index (κ1) is 12.7. The quantitative estimate of drug-likeness (QED) is 0.639. The van der Waals surface area contributed by atoms with Gasteiger partial charge in [0.2, 0.25) is 5.95 Å². The van der Waals surface area contributed by atoms with Gasteiger partial charge in [-0.05, 0) is 6.07 Å². The first-order chi connectivity index (χ1) is 7.42. The predicted octanol–water partition coefficient (Wildman–Crippen LogP) is 1.58. The molecular weight excluding hydrogens is 228 g/mol. The Morgan fingerprint density at radius 2 is 2.06 bits per heavy atom. The summed E-state index contributed by atoms with van der Waals surface area (Å²) in [6.45, 7) is -1.90. The Balaban J connectivity index is 2.85. The molecule has 16 heavy (non-hydrogen) atoms. The van der Waals surface area contributed by atoms with Crippen molar-refractivity contribution in [3.63, 3.8) is 0 Å². The largest absolute Gasteiger partial charge is 0.405 e. The van der Waals surface area contributed by atoms with Gasteiger partial charge in [0.15, 0.2) is 0 Å². The number of aliphatic hydroxyl groups is 1. The zero-order valence-corrected chi connectivity index (χ0v) is 8.21. The van der Waals surface area contributed by atoms with E-state index in [-0.39, 0.29) is 12.2 Å². The van der Waals surface area contributed by atoms with Gasteiger partial charge >= 0.3 is 6.18 Å². The van der Waals surface area contributed by atoms with Crippen molar-refractivity contribution in [1.29, 1.82) is 0 Å². The fourth-order valence-electron chi connectivity index (χ4n) is 1.23. The van der Waals surface area contributed by atoms with Crippen LogP contribution in [0.4, 0.5) is 23.2 Å². The van der Waals surface area contributed by atoms with Gasteiger partial charge in [-0.15, -0.1) is 0 Å². The highest BCUT2D eigenvalue weighted by atomic mass is 19.4. The number of hydrogen-bond donors (Lipinski definition) is 1. The second-order valence-corrected chi connectivity index (χ2v) is 3.10. The highest BCUT2D eigenvalue weighted by Crippen LogP contribution is 2.21. The van der Waals surface area contributed by atoms with Crippen molar-refractivity contribution in [2.75, 3.05) is 24.6 Å². The molecule has 0 bridgehead atoms. The number of aliphatic hydroxyl groups excluding tert-OH is 1. The number of pyridine rings is 1. The highest BCUT2D eigenvalue weighted by molar-refractivity contribution is 5.45. The van der Waals surface area contributed by atoms with Crippen LogP contribution in [-0.2, 0) is 0 Å². The molecule has 3 nitrogen and oxygen atoms in total. The van der Waals surface area contributed by atoms with E-state index < -0.39 is 25.3 Å². The van der Waals surface area contributed by atoms with Crippen LogP contribution in [0.1, 0.15) is 0 Å². The Bertz CT molecular complexity index is 343. The molecule has 0 atom stereocenters. The lowest BCUT2D eigenvalue weighted by Crippen LogP contribution is -2.36. The van der Waals surface area contributed by atoms with Gasteiger partial charge in [-0.25, -0.2) is 4.98 Å². The van der Waals surface area contributed by atoms with Gasteiger partial charge in [-0.3, -0.25) is 0 Å². The summed E-state index contributed by atoms with van der Waals surface area (Å²) in [6.07, 6.45) is -3.33. The van der Waals surface area contributed by atoms with Crippen LogP contribution in [0.2, 0.25) is 0 Å². The van der Waals surface area contributed by atoms with Crippen molar-refractivity contribution < 1.29 is 22.7 Å². The molecule has 0 fully saturated rings. The van der Waals surface area contributed by atoms with Crippen molar-refractivity contribution >= 4 is 5.69 Å². The minimum atomic E-state index is -4.41. The van der Waals surface area contributed by atoms with Gasteiger partial charge in [0.1, 0.15) is 6.54 Å². The first-order valence-corrected chi connectivity index (χ1v) is 4.46. The van der Waals surface area contributed by atoms with E-state index in [1.165, 1.54) is 6.07 Å². The van der Waals surface area contributed by atoms with Crippen molar-refractivity contribution in [2.45, 2.75) is 6.18 Å². The minimum Gasteiger partial charge on any atom is -0.395 e. The van der Waals surface area contributed by atoms with Gasteiger partial charge in [0.25, 0.3) is 0 Å². The molecule has 1 aromatic heterocycles. The van der Waals surface area contributed by atoms with Crippen molar-refractivity contribution in [1.82, 2.24) is 4.98 Å². The van der Waals surface area contributed by atoms with Crippen LogP contribution in [-0.4, -0.2) is 36.0 Å². The topological polar surface area (TPSA) is 36.4 Å². The summed E-state index contributed by atoms with van der Waals surface area (Å²) in [5, 5.41) is 8.65. The Labute approximate surface area is 89.3 Å². The van der Waals surface area contributed by atoms with E-state index in [2.05, 4.69) is 4.98 Å². The molecule has 0 saturated heterocycles. The molecule has 1 N–H and O–H groups in total.